The predicted octanol–water partition coefficient (Wildman–Crippen LogP) is 7.73. The Kier molecular flexibility index (Phi) is 4.82. The zero-order valence-corrected chi connectivity index (χ0v) is 17.0. The second kappa shape index (κ2) is 7.24. The fourth-order valence-electron chi connectivity index (χ4n) is 3.83. The summed E-state index contributed by atoms with van der Waals surface area (Å²) in [5.41, 5.74) is 6.58. The molecular weight excluding hydrogens is 427 g/mol. The Morgan fingerprint density at radius 1 is 1.15 bits per heavy atom. The third-order valence-corrected chi connectivity index (χ3v) is 5.82. The standard InChI is InChI=1S/C25H21I/c1-3-5-17-6-9-22-15-20(11-13-25(22)24(17)4-2)18-7-8-21-16-23(26)12-10-19(21)14-18/h3-13,15-16,19H,2,14H2,1H3/b5-3-. The number of rotatable bonds is 3. The summed E-state index contributed by atoms with van der Waals surface area (Å²) in [5.74, 6) is 0.505. The first kappa shape index (κ1) is 17.3. The smallest absolute Gasteiger partial charge is 0.0130 e. The minimum Gasteiger partial charge on any atom is -0.0984 e. The van der Waals surface area contributed by atoms with E-state index in [0.717, 1.165) is 6.42 Å². The van der Waals surface area contributed by atoms with Gasteiger partial charge in [-0.3, -0.25) is 0 Å². The third-order valence-electron chi connectivity index (χ3n) is 5.15. The molecule has 2 aliphatic carbocycles. The molecule has 0 saturated heterocycles. The molecule has 2 aromatic rings. The van der Waals surface area contributed by atoms with Crippen molar-refractivity contribution >= 4 is 51.1 Å². The molecule has 2 aliphatic rings. The topological polar surface area (TPSA) is 0 Å². The monoisotopic (exact) mass is 448 g/mol. The van der Waals surface area contributed by atoms with Crippen LogP contribution in [0.5, 0.6) is 0 Å². The van der Waals surface area contributed by atoms with Gasteiger partial charge in [-0.25, -0.2) is 0 Å². The van der Waals surface area contributed by atoms with Crippen molar-refractivity contribution < 1.29 is 0 Å². The van der Waals surface area contributed by atoms with Gasteiger partial charge in [0.25, 0.3) is 0 Å². The van der Waals surface area contributed by atoms with E-state index in [9.17, 15) is 0 Å². The van der Waals surface area contributed by atoms with Crippen molar-refractivity contribution in [1.29, 1.82) is 0 Å². The van der Waals surface area contributed by atoms with Gasteiger partial charge in [-0.2, -0.15) is 0 Å². The Bertz CT molecular complexity index is 1040. The SMILES string of the molecule is C=Cc1c(/C=C\C)ccc2cc(C3=CC=C4C=C(I)C=CC4C3)ccc12. The van der Waals surface area contributed by atoms with Crippen LogP contribution in [0.1, 0.15) is 30.0 Å². The zero-order chi connectivity index (χ0) is 18.1. The molecule has 0 heterocycles. The summed E-state index contributed by atoms with van der Waals surface area (Å²) in [7, 11) is 0. The van der Waals surface area contributed by atoms with Gasteiger partial charge in [-0.15, -0.1) is 0 Å². The van der Waals surface area contributed by atoms with Gasteiger partial charge in [0.05, 0.1) is 0 Å². The lowest BCUT2D eigenvalue weighted by Gasteiger charge is -2.23. The molecule has 0 nitrogen and oxygen atoms in total. The number of hydrogen-bond donors (Lipinski definition) is 0. The van der Waals surface area contributed by atoms with Gasteiger partial charge in [0.2, 0.25) is 0 Å². The van der Waals surface area contributed by atoms with Crippen LogP contribution in [0.3, 0.4) is 0 Å². The lowest BCUT2D eigenvalue weighted by molar-refractivity contribution is 0.792. The molecule has 128 valence electrons. The molecule has 26 heavy (non-hydrogen) atoms. The Morgan fingerprint density at radius 2 is 2.04 bits per heavy atom. The summed E-state index contributed by atoms with van der Waals surface area (Å²) in [6, 6.07) is 11.2. The van der Waals surface area contributed by atoms with Crippen LogP contribution < -0.4 is 0 Å². The largest absolute Gasteiger partial charge is 0.0984 e. The van der Waals surface area contributed by atoms with Crippen molar-refractivity contribution in [3.63, 3.8) is 0 Å². The maximum atomic E-state index is 4.02. The van der Waals surface area contributed by atoms with E-state index in [2.05, 4.69) is 102 Å². The average Bonchev–Trinajstić information content (AvgIpc) is 2.67. The van der Waals surface area contributed by atoms with Crippen molar-refractivity contribution in [2.45, 2.75) is 13.3 Å². The summed E-state index contributed by atoms with van der Waals surface area (Å²) >= 11 is 2.39. The molecule has 0 aromatic heterocycles. The molecule has 2 aromatic carbocycles. The normalized spacial score (nSPS) is 19.2. The van der Waals surface area contributed by atoms with E-state index < -0.39 is 0 Å². The van der Waals surface area contributed by atoms with Gasteiger partial charge >= 0.3 is 0 Å². The summed E-state index contributed by atoms with van der Waals surface area (Å²) in [4.78, 5) is 0. The van der Waals surface area contributed by atoms with Crippen LogP contribution in [0, 0.1) is 5.92 Å². The first-order chi connectivity index (χ1) is 12.7. The summed E-state index contributed by atoms with van der Waals surface area (Å²) < 4.78 is 1.31. The van der Waals surface area contributed by atoms with Crippen molar-refractivity contribution in [2.75, 3.05) is 0 Å². The molecule has 0 spiro atoms. The summed E-state index contributed by atoms with van der Waals surface area (Å²) in [5, 5.41) is 2.54. The molecular formula is C25H21I. The highest BCUT2D eigenvalue weighted by Crippen LogP contribution is 2.37. The second-order valence-electron chi connectivity index (χ2n) is 6.77. The fourth-order valence-corrected chi connectivity index (χ4v) is 4.40. The quantitative estimate of drug-likeness (QED) is 0.422. The number of fused-ring (bicyclic) bond motifs is 2. The average molecular weight is 448 g/mol. The predicted molar refractivity (Wildman–Crippen MR) is 124 cm³/mol. The van der Waals surface area contributed by atoms with Crippen LogP contribution in [0.15, 0.2) is 82.5 Å². The van der Waals surface area contributed by atoms with Crippen LogP contribution >= 0.6 is 22.6 Å². The summed E-state index contributed by atoms with van der Waals surface area (Å²) in [6.07, 6.45) is 18.7. The van der Waals surface area contributed by atoms with Crippen molar-refractivity contribution in [1.82, 2.24) is 0 Å². The van der Waals surface area contributed by atoms with Gasteiger partial charge in [0.15, 0.2) is 0 Å². The third kappa shape index (κ3) is 3.16. The Morgan fingerprint density at radius 3 is 2.85 bits per heavy atom. The van der Waals surface area contributed by atoms with Gasteiger partial charge in [-0.1, -0.05) is 73.4 Å². The van der Waals surface area contributed by atoms with E-state index in [1.807, 2.05) is 13.0 Å². The molecule has 1 unspecified atom stereocenters. The van der Waals surface area contributed by atoms with Crippen molar-refractivity contribution in [2.24, 2.45) is 5.92 Å². The fraction of sp³-hybridized carbons (Fsp3) is 0.120. The highest BCUT2D eigenvalue weighted by atomic mass is 127. The van der Waals surface area contributed by atoms with E-state index in [1.54, 1.807) is 0 Å². The van der Waals surface area contributed by atoms with Crippen LogP contribution in [-0.4, -0.2) is 0 Å². The molecule has 0 fully saturated rings. The molecule has 0 saturated carbocycles. The lowest BCUT2D eigenvalue weighted by Crippen LogP contribution is -2.07. The molecule has 4 rings (SSSR count). The van der Waals surface area contributed by atoms with Gasteiger partial charge in [-0.05, 0) is 86.7 Å². The minimum atomic E-state index is 0.505. The highest BCUT2D eigenvalue weighted by Gasteiger charge is 2.19. The number of hydrogen-bond acceptors (Lipinski definition) is 0. The van der Waals surface area contributed by atoms with E-state index in [-0.39, 0.29) is 0 Å². The Hall–Kier alpha value is -2.13. The molecule has 0 N–H and O–H groups in total. The van der Waals surface area contributed by atoms with E-state index in [1.165, 1.54) is 42.2 Å². The molecule has 1 atom stereocenters. The Balaban J connectivity index is 1.76. The maximum Gasteiger partial charge on any atom is 0.0130 e. The van der Waals surface area contributed by atoms with Gasteiger partial charge < -0.3 is 0 Å². The zero-order valence-electron chi connectivity index (χ0n) is 14.9. The van der Waals surface area contributed by atoms with Crippen molar-refractivity contribution in [3.05, 3.63) is 99.2 Å². The van der Waals surface area contributed by atoms with E-state index in [0.29, 0.717) is 5.92 Å². The molecule has 0 amide bonds. The van der Waals surface area contributed by atoms with Crippen LogP contribution in [0.2, 0.25) is 0 Å². The van der Waals surface area contributed by atoms with Crippen molar-refractivity contribution in [3.8, 4) is 0 Å². The number of allylic oxidation sites excluding steroid dienone is 9. The van der Waals surface area contributed by atoms with E-state index >= 15 is 0 Å². The van der Waals surface area contributed by atoms with Crippen LogP contribution in [-0.2, 0) is 0 Å². The van der Waals surface area contributed by atoms with E-state index in [4.69, 9.17) is 0 Å². The lowest BCUT2D eigenvalue weighted by atomic mass is 9.82. The maximum absolute atomic E-state index is 4.02. The molecule has 0 bridgehead atoms. The first-order valence-corrected chi connectivity index (χ1v) is 10.1. The Labute approximate surface area is 169 Å². The number of benzene rings is 2. The minimum absolute atomic E-state index is 0.505. The molecule has 0 radical (unpaired) electrons. The second-order valence-corrected chi connectivity index (χ2v) is 8.01. The molecule has 1 heteroatoms. The van der Waals surface area contributed by atoms with Gasteiger partial charge in [0.1, 0.15) is 0 Å². The highest BCUT2D eigenvalue weighted by molar-refractivity contribution is 14.1. The summed E-state index contributed by atoms with van der Waals surface area (Å²) in [6.45, 7) is 6.07. The van der Waals surface area contributed by atoms with Gasteiger partial charge in [0, 0.05) is 9.50 Å². The number of halogens is 1. The van der Waals surface area contributed by atoms with Crippen LogP contribution in [0.4, 0.5) is 0 Å². The van der Waals surface area contributed by atoms with Crippen LogP contribution in [0.25, 0.3) is 28.5 Å². The first-order valence-electron chi connectivity index (χ1n) is 8.98. The molecule has 0 aliphatic heterocycles.